The van der Waals surface area contributed by atoms with E-state index in [2.05, 4.69) is 15.6 Å². The molecular weight excluding hydrogens is 435 g/mol. The first-order valence-electron chi connectivity index (χ1n) is 7.59. The van der Waals surface area contributed by atoms with Crippen LogP contribution >= 0.6 is 24.0 Å². The zero-order chi connectivity index (χ0) is 16.3. The topological polar surface area (TPSA) is 92.3 Å². The molecule has 0 aromatic rings. The van der Waals surface area contributed by atoms with Gasteiger partial charge in [-0.1, -0.05) is 0 Å². The fourth-order valence-corrected chi connectivity index (χ4v) is 3.62. The summed E-state index contributed by atoms with van der Waals surface area (Å²) in [6.07, 6.45) is 1.59. The third-order valence-electron chi connectivity index (χ3n) is 3.27. The van der Waals surface area contributed by atoms with Crippen molar-refractivity contribution in [2.75, 3.05) is 65.9 Å². The maximum atomic E-state index is 11.7. The van der Waals surface area contributed by atoms with Crippen molar-refractivity contribution < 1.29 is 17.9 Å². The third kappa shape index (κ3) is 9.65. The van der Waals surface area contributed by atoms with E-state index in [4.69, 9.17) is 9.47 Å². The fourth-order valence-electron chi connectivity index (χ4n) is 2.09. The van der Waals surface area contributed by atoms with Crippen molar-refractivity contribution in [1.29, 1.82) is 0 Å². The number of methoxy groups -OCH3 is 1. The first-order chi connectivity index (χ1) is 10.6. The van der Waals surface area contributed by atoms with Gasteiger partial charge in [0.05, 0.1) is 19.0 Å². The molecule has 10 heteroatoms. The first kappa shape index (κ1) is 22.8. The third-order valence-corrected chi connectivity index (χ3v) is 5.23. The molecular formula is C13H29IN4O4S. The SMILES string of the molecule is CN=C(NCCCOCCOC)NCCN1CCCS1(=O)=O.I. The largest absolute Gasteiger partial charge is 0.382 e. The Morgan fingerprint density at radius 1 is 1.22 bits per heavy atom. The number of guanidine groups is 1. The van der Waals surface area contributed by atoms with E-state index in [1.54, 1.807) is 14.2 Å². The number of rotatable bonds is 10. The number of nitrogens with one attached hydrogen (secondary N) is 2. The molecule has 1 aliphatic rings. The number of ether oxygens (including phenoxy) is 2. The van der Waals surface area contributed by atoms with Crippen LogP contribution in [0.1, 0.15) is 12.8 Å². The van der Waals surface area contributed by atoms with E-state index in [9.17, 15) is 8.42 Å². The Hall–Kier alpha value is -0.170. The van der Waals surface area contributed by atoms with Gasteiger partial charge in [0.25, 0.3) is 0 Å². The van der Waals surface area contributed by atoms with Gasteiger partial charge in [-0.15, -0.1) is 24.0 Å². The van der Waals surface area contributed by atoms with Crippen LogP contribution in [0.4, 0.5) is 0 Å². The van der Waals surface area contributed by atoms with Gasteiger partial charge in [-0.3, -0.25) is 4.99 Å². The summed E-state index contributed by atoms with van der Waals surface area (Å²) in [5.41, 5.74) is 0. The van der Waals surface area contributed by atoms with Gasteiger partial charge in [0, 0.05) is 46.9 Å². The molecule has 1 heterocycles. The molecule has 0 bridgehead atoms. The molecule has 2 N–H and O–H groups in total. The quantitative estimate of drug-likeness (QED) is 0.202. The summed E-state index contributed by atoms with van der Waals surface area (Å²) in [7, 11) is 0.321. The van der Waals surface area contributed by atoms with E-state index in [1.807, 2.05) is 0 Å². The highest BCUT2D eigenvalue weighted by atomic mass is 127. The molecule has 0 unspecified atom stereocenters. The van der Waals surface area contributed by atoms with Crippen LogP contribution in [0.2, 0.25) is 0 Å². The molecule has 1 fully saturated rings. The number of hydrogen-bond acceptors (Lipinski definition) is 5. The van der Waals surface area contributed by atoms with E-state index < -0.39 is 10.0 Å². The second-order valence-corrected chi connectivity index (χ2v) is 7.04. The van der Waals surface area contributed by atoms with Gasteiger partial charge in [0.15, 0.2) is 5.96 Å². The van der Waals surface area contributed by atoms with Crippen LogP contribution in [0.5, 0.6) is 0 Å². The van der Waals surface area contributed by atoms with Gasteiger partial charge in [-0.25, -0.2) is 12.7 Å². The predicted molar refractivity (Wildman–Crippen MR) is 102 cm³/mol. The Labute approximate surface area is 156 Å². The molecule has 0 amide bonds. The van der Waals surface area contributed by atoms with Gasteiger partial charge >= 0.3 is 0 Å². The van der Waals surface area contributed by atoms with Crippen molar-refractivity contribution in [3.63, 3.8) is 0 Å². The van der Waals surface area contributed by atoms with E-state index in [-0.39, 0.29) is 29.7 Å². The van der Waals surface area contributed by atoms with Crippen LogP contribution in [0.25, 0.3) is 0 Å². The first-order valence-corrected chi connectivity index (χ1v) is 9.20. The fraction of sp³-hybridized carbons (Fsp3) is 0.923. The molecule has 0 radical (unpaired) electrons. The molecule has 0 atom stereocenters. The lowest BCUT2D eigenvalue weighted by Gasteiger charge is -2.16. The lowest BCUT2D eigenvalue weighted by molar-refractivity contribution is 0.0698. The van der Waals surface area contributed by atoms with Crippen LogP contribution in [-0.4, -0.2) is 84.6 Å². The van der Waals surface area contributed by atoms with E-state index in [0.29, 0.717) is 45.4 Å². The van der Waals surface area contributed by atoms with Gasteiger partial charge < -0.3 is 20.1 Å². The molecule has 1 saturated heterocycles. The monoisotopic (exact) mass is 464 g/mol. The Morgan fingerprint density at radius 2 is 1.96 bits per heavy atom. The van der Waals surface area contributed by atoms with Crippen molar-refractivity contribution in [3.05, 3.63) is 0 Å². The minimum atomic E-state index is -3.02. The highest BCUT2D eigenvalue weighted by Gasteiger charge is 2.27. The molecule has 0 aromatic heterocycles. The Bertz CT molecular complexity index is 434. The lowest BCUT2D eigenvalue weighted by Crippen LogP contribution is -2.42. The molecule has 23 heavy (non-hydrogen) atoms. The Balaban J connectivity index is 0.00000484. The van der Waals surface area contributed by atoms with Gasteiger partial charge in [-0.05, 0) is 12.8 Å². The second kappa shape index (κ2) is 13.2. The smallest absolute Gasteiger partial charge is 0.214 e. The number of nitrogens with zero attached hydrogens (tertiary/aromatic N) is 2. The molecule has 1 rings (SSSR count). The van der Waals surface area contributed by atoms with Crippen LogP contribution in [0, 0.1) is 0 Å². The summed E-state index contributed by atoms with van der Waals surface area (Å²) in [5, 5.41) is 6.28. The predicted octanol–water partition coefficient (Wildman–Crippen LogP) is -0.142. The number of aliphatic imine (C=N–C) groups is 1. The van der Waals surface area contributed by atoms with Crippen molar-refractivity contribution in [2.24, 2.45) is 4.99 Å². The highest BCUT2D eigenvalue weighted by Crippen LogP contribution is 2.11. The van der Waals surface area contributed by atoms with Crippen molar-refractivity contribution in [1.82, 2.24) is 14.9 Å². The molecule has 0 saturated carbocycles. The molecule has 8 nitrogen and oxygen atoms in total. The number of halogens is 1. The van der Waals surface area contributed by atoms with Gasteiger partial charge in [0.2, 0.25) is 10.0 Å². The highest BCUT2D eigenvalue weighted by molar-refractivity contribution is 14.0. The minimum Gasteiger partial charge on any atom is -0.382 e. The summed E-state index contributed by atoms with van der Waals surface area (Å²) in [6, 6.07) is 0. The average Bonchev–Trinajstić information content (AvgIpc) is 2.83. The van der Waals surface area contributed by atoms with Gasteiger partial charge in [0.1, 0.15) is 0 Å². The van der Waals surface area contributed by atoms with Crippen LogP contribution < -0.4 is 10.6 Å². The molecule has 138 valence electrons. The van der Waals surface area contributed by atoms with Crippen molar-refractivity contribution in [2.45, 2.75) is 12.8 Å². The normalized spacial score (nSPS) is 17.7. The molecule has 0 aliphatic carbocycles. The van der Waals surface area contributed by atoms with E-state index in [1.165, 1.54) is 4.31 Å². The number of sulfonamides is 1. The standard InChI is InChI=1S/C13H28N4O4S.HI/c1-14-13(15-5-3-9-21-11-10-20-2)16-6-8-17-7-4-12-22(17,18)19;/h3-12H2,1-2H3,(H2,14,15,16);1H. The maximum Gasteiger partial charge on any atom is 0.214 e. The summed E-state index contributed by atoms with van der Waals surface area (Å²) in [5.74, 6) is 0.941. The van der Waals surface area contributed by atoms with Crippen LogP contribution in [0.15, 0.2) is 4.99 Å². The lowest BCUT2D eigenvalue weighted by atomic mass is 10.4. The summed E-state index contributed by atoms with van der Waals surface area (Å²) >= 11 is 0. The van der Waals surface area contributed by atoms with Crippen LogP contribution in [-0.2, 0) is 19.5 Å². The Kier molecular flexibility index (Phi) is 13.1. The van der Waals surface area contributed by atoms with Crippen molar-refractivity contribution >= 4 is 40.0 Å². The van der Waals surface area contributed by atoms with E-state index >= 15 is 0 Å². The summed E-state index contributed by atoms with van der Waals surface area (Å²) < 4.78 is 35.1. The van der Waals surface area contributed by atoms with Crippen molar-refractivity contribution in [3.8, 4) is 0 Å². The van der Waals surface area contributed by atoms with E-state index in [0.717, 1.165) is 19.4 Å². The van der Waals surface area contributed by atoms with Crippen LogP contribution in [0.3, 0.4) is 0 Å². The number of hydrogen-bond donors (Lipinski definition) is 2. The zero-order valence-corrected chi connectivity index (χ0v) is 17.1. The minimum absolute atomic E-state index is 0. The zero-order valence-electron chi connectivity index (χ0n) is 13.9. The molecule has 0 spiro atoms. The summed E-state index contributed by atoms with van der Waals surface area (Å²) in [4.78, 5) is 4.10. The maximum absolute atomic E-state index is 11.7. The average molecular weight is 464 g/mol. The Morgan fingerprint density at radius 3 is 2.57 bits per heavy atom. The molecule has 0 aromatic carbocycles. The molecule has 1 aliphatic heterocycles. The van der Waals surface area contributed by atoms with Gasteiger partial charge in [-0.2, -0.15) is 0 Å². The summed E-state index contributed by atoms with van der Waals surface area (Å²) in [6.45, 7) is 4.26. The second-order valence-electron chi connectivity index (χ2n) is 4.95.